The van der Waals surface area contributed by atoms with Crippen LogP contribution in [0.5, 0.6) is 5.75 Å². The Kier molecular flexibility index (Phi) is 6.27. The van der Waals surface area contributed by atoms with Crippen molar-refractivity contribution in [3.05, 3.63) is 59.4 Å². The minimum Gasteiger partial charge on any atom is -0.410 e. The van der Waals surface area contributed by atoms with Gasteiger partial charge in [-0.3, -0.25) is 4.98 Å². The summed E-state index contributed by atoms with van der Waals surface area (Å²) < 4.78 is 7.24. The minimum atomic E-state index is -0.299. The molecule has 0 radical (unpaired) electrons. The van der Waals surface area contributed by atoms with Crippen LogP contribution in [0.15, 0.2) is 47.6 Å². The molecule has 1 fully saturated rings. The number of aryl methyl sites for hydroxylation is 2. The Hall–Kier alpha value is -2.94. The van der Waals surface area contributed by atoms with Gasteiger partial charge in [0.1, 0.15) is 5.75 Å². The minimum absolute atomic E-state index is 0.299. The Bertz CT molecular complexity index is 999. The van der Waals surface area contributed by atoms with E-state index in [-0.39, 0.29) is 6.09 Å². The third-order valence-electron chi connectivity index (χ3n) is 5.01. The van der Waals surface area contributed by atoms with Crippen molar-refractivity contribution in [3.8, 4) is 5.75 Å². The quantitative estimate of drug-likeness (QED) is 0.621. The predicted molar refractivity (Wildman–Crippen MR) is 113 cm³/mol. The van der Waals surface area contributed by atoms with Crippen LogP contribution in [-0.2, 0) is 13.5 Å². The van der Waals surface area contributed by atoms with Crippen molar-refractivity contribution in [2.75, 3.05) is 13.1 Å². The van der Waals surface area contributed by atoms with Gasteiger partial charge in [-0.2, -0.15) is 0 Å². The van der Waals surface area contributed by atoms with Gasteiger partial charge < -0.3 is 9.64 Å². The van der Waals surface area contributed by atoms with E-state index in [9.17, 15) is 4.79 Å². The molecule has 1 aliphatic rings. The number of ether oxygens (including phenoxy) is 1. The molecule has 0 atom stereocenters. The van der Waals surface area contributed by atoms with Gasteiger partial charge in [-0.1, -0.05) is 30.0 Å². The largest absolute Gasteiger partial charge is 0.415 e. The highest BCUT2D eigenvalue weighted by molar-refractivity contribution is 7.99. The Labute approximate surface area is 179 Å². The topological polar surface area (TPSA) is 86.0 Å². The molecule has 3 aromatic rings. The van der Waals surface area contributed by atoms with Crippen LogP contribution in [0, 0.1) is 6.92 Å². The molecule has 1 aromatic carbocycles. The highest BCUT2D eigenvalue weighted by Crippen LogP contribution is 2.28. The molecule has 0 spiro atoms. The summed E-state index contributed by atoms with van der Waals surface area (Å²) in [6.07, 6.45) is 2.22. The molecule has 9 heteroatoms. The first kappa shape index (κ1) is 20.3. The Morgan fingerprint density at radius 3 is 2.60 bits per heavy atom. The number of likely N-dealkylation sites (tertiary alicyclic amines) is 1. The summed E-state index contributed by atoms with van der Waals surface area (Å²) in [4.78, 5) is 18.8. The van der Waals surface area contributed by atoms with Crippen molar-refractivity contribution < 1.29 is 9.53 Å². The van der Waals surface area contributed by atoms with Gasteiger partial charge in [0, 0.05) is 43.2 Å². The average molecular weight is 425 g/mol. The van der Waals surface area contributed by atoms with Crippen LogP contribution in [0.25, 0.3) is 0 Å². The molecule has 30 heavy (non-hydrogen) atoms. The van der Waals surface area contributed by atoms with E-state index in [4.69, 9.17) is 4.74 Å². The van der Waals surface area contributed by atoms with E-state index in [2.05, 4.69) is 20.5 Å². The lowest BCUT2D eigenvalue weighted by atomic mass is 10.1. The molecule has 1 saturated heterocycles. The van der Waals surface area contributed by atoms with E-state index in [1.807, 2.05) is 56.4 Å². The summed E-state index contributed by atoms with van der Waals surface area (Å²) in [5, 5.41) is 12.7. The number of carbonyl (C=O) groups is 1. The van der Waals surface area contributed by atoms with Gasteiger partial charge in [-0.05, 0) is 60.0 Å². The predicted octanol–water partition coefficient (Wildman–Crippen LogP) is 3.26. The number of tetrazole rings is 1. The zero-order valence-corrected chi connectivity index (χ0v) is 17.9. The van der Waals surface area contributed by atoms with E-state index in [1.165, 1.54) is 0 Å². The summed E-state index contributed by atoms with van der Waals surface area (Å²) in [5.41, 5.74) is 3.16. The van der Waals surface area contributed by atoms with E-state index in [1.54, 1.807) is 21.3 Å². The number of carbonyl (C=O) groups excluding carboxylic acids is 1. The third kappa shape index (κ3) is 5.15. The second kappa shape index (κ2) is 9.25. The first-order chi connectivity index (χ1) is 14.6. The highest BCUT2D eigenvalue weighted by Gasteiger charge is 2.26. The molecule has 4 rings (SSSR count). The Morgan fingerprint density at radius 1 is 1.17 bits per heavy atom. The smallest absolute Gasteiger partial charge is 0.410 e. The number of hydrogen-bond acceptors (Lipinski definition) is 7. The normalized spacial score (nSPS) is 14.7. The van der Waals surface area contributed by atoms with Crippen molar-refractivity contribution in [3.63, 3.8) is 0 Å². The number of amides is 1. The lowest BCUT2D eigenvalue weighted by Gasteiger charge is -2.30. The molecule has 2 aromatic heterocycles. The summed E-state index contributed by atoms with van der Waals surface area (Å²) >= 11 is 1.66. The number of nitrogens with zero attached hydrogens (tertiary/aromatic N) is 6. The van der Waals surface area contributed by atoms with E-state index in [0.717, 1.165) is 41.4 Å². The standard InChI is InChI=1S/C21H24N6O2S/c1-15-4-3-5-17(22-15)14-16-6-8-18(9-7-16)29-21(28)27-12-10-19(11-13-27)30-20-23-24-25-26(20)2/h3-9,19H,10-14H2,1-2H3. The molecule has 156 valence electrons. The number of aromatic nitrogens is 5. The van der Waals surface area contributed by atoms with Crippen molar-refractivity contribution in [2.45, 2.75) is 36.6 Å². The van der Waals surface area contributed by atoms with Crippen molar-refractivity contribution >= 4 is 17.9 Å². The van der Waals surface area contributed by atoms with Crippen LogP contribution in [0.2, 0.25) is 0 Å². The number of hydrogen-bond donors (Lipinski definition) is 0. The zero-order chi connectivity index (χ0) is 20.9. The maximum Gasteiger partial charge on any atom is 0.415 e. The van der Waals surface area contributed by atoms with Gasteiger partial charge in [-0.15, -0.1) is 5.10 Å². The fraction of sp³-hybridized carbons (Fsp3) is 0.381. The fourth-order valence-corrected chi connectivity index (χ4v) is 4.39. The average Bonchev–Trinajstić information content (AvgIpc) is 3.14. The molecule has 0 N–H and O–H groups in total. The molecule has 0 saturated carbocycles. The Morgan fingerprint density at radius 2 is 1.93 bits per heavy atom. The van der Waals surface area contributed by atoms with Gasteiger partial charge in [0.15, 0.2) is 0 Å². The summed E-state index contributed by atoms with van der Waals surface area (Å²) in [7, 11) is 1.83. The lowest BCUT2D eigenvalue weighted by molar-refractivity contribution is 0.143. The first-order valence-electron chi connectivity index (χ1n) is 9.94. The molecule has 3 heterocycles. The van der Waals surface area contributed by atoms with Gasteiger partial charge in [-0.25, -0.2) is 9.48 Å². The molecule has 0 aliphatic carbocycles. The van der Waals surface area contributed by atoms with E-state index >= 15 is 0 Å². The number of benzene rings is 1. The Balaban J connectivity index is 1.26. The maximum absolute atomic E-state index is 12.5. The molecular formula is C21H24N6O2S. The van der Waals surface area contributed by atoms with E-state index < -0.39 is 0 Å². The van der Waals surface area contributed by atoms with Crippen LogP contribution in [-0.4, -0.2) is 54.5 Å². The number of thioether (sulfide) groups is 1. The number of piperidine rings is 1. The third-order valence-corrected chi connectivity index (χ3v) is 6.37. The van der Waals surface area contributed by atoms with Crippen LogP contribution in [0.1, 0.15) is 29.8 Å². The number of rotatable bonds is 5. The highest BCUT2D eigenvalue weighted by atomic mass is 32.2. The van der Waals surface area contributed by atoms with Crippen LogP contribution in [0.4, 0.5) is 4.79 Å². The van der Waals surface area contributed by atoms with Crippen molar-refractivity contribution in [1.82, 2.24) is 30.1 Å². The molecule has 0 unspecified atom stereocenters. The van der Waals surface area contributed by atoms with Crippen LogP contribution >= 0.6 is 11.8 Å². The van der Waals surface area contributed by atoms with Gasteiger partial charge >= 0.3 is 6.09 Å². The second-order valence-corrected chi connectivity index (χ2v) is 8.62. The van der Waals surface area contributed by atoms with E-state index in [0.29, 0.717) is 24.1 Å². The number of pyridine rings is 1. The maximum atomic E-state index is 12.5. The SMILES string of the molecule is Cc1cccc(Cc2ccc(OC(=O)N3CCC(Sc4nnnn4C)CC3)cc2)n1. The zero-order valence-electron chi connectivity index (χ0n) is 17.1. The second-order valence-electron chi connectivity index (χ2n) is 7.35. The van der Waals surface area contributed by atoms with Crippen LogP contribution in [0.3, 0.4) is 0 Å². The summed E-state index contributed by atoms with van der Waals surface area (Å²) in [5.74, 6) is 0.558. The van der Waals surface area contributed by atoms with Gasteiger partial charge in [0.05, 0.1) is 0 Å². The molecule has 1 aliphatic heterocycles. The molecule has 8 nitrogen and oxygen atoms in total. The molecule has 0 bridgehead atoms. The lowest BCUT2D eigenvalue weighted by Crippen LogP contribution is -2.41. The first-order valence-corrected chi connectivity index (χ1v) is 10.8. The summed E-state index contributed by atoms with van der Waals surface area (Å²) in [6, 6.07) is 13.7. The van der Waals surface area contributed by atoms with Gasteiger partial charge in [0.25, 0.3) is 0 Å². The van der Waals surface area contributed by atoms with Crippen molar-refractivity contribution in [1.29, 1.82) is 0 Å². The van der Waals surface area contributed by atoms with Crippen LogP contribution < -0.4 is 4.74 Å². The van der Waals surface area contributed by atoms with Crippen molar-refractivity contribution in [2.24, 2.45) is 7.05 Å². The monoisotopic (exact) mass is 424 g/mol. The summed E-state index contributed by atoms with van der Waals surface area (Å²) in [6.45, 7) is 3.32. The molecular weight excluding hydrogens is 400 g/mol. The molecule has 1 amide bonds. The fourth-order valence-electron chi connectivity index (χ4n) is 3.37. The van der Waals surface area contributed by atoms with Gasteiger partial charge in [0.2, 0.25) is 5.16 Å².